The number of aromatic nitrogens is 2. The van der Waals surface area contributed by atoms with Crippen LogP contribution in [0.2, 0.25) is 0 Å². The highest BCUT2D eigenvalue weighted by molar-refractivity contribution is 5.92. The van der Waals surface area contributed by atoms with Crippen LogP contribution in [0.15, 0.2) is 49.2 Å². The molecule has 2 heterocycles. The summed E-state index contributed by atoms with van der Waals surface area (Å²) in [5.41, 5.74) is 2.90. The topological polar surface area (TPSA) is 61.4 Å². The van der Waals surface area contributed by atoms with Crippen LogP contribution in [0.4, 0.5) is 11.6 Å². The molecule has 130 valence electrons. The van der Waals surface area contributed by atoms with Crippen molar-refractivity contribution in [3.63, 3.8) is 0 Å². The fraction of sp³-hybridized carbons (Fsp3) is 0.316. The molecule has 1 aliphatic heterocycles. The molecule has 1 aromatic carbocycles. The summed E-state index contributed by atoms with van der Waals surface area (Å²) in [6, 6.07) is 10.2. The van der Waals surface area contributed by atoms with Gasteiger partial charge < -0.3 is 15.1 Å². The van der Waals surface area contributed by atoms with Crippen molar-refractivity contribution in [2.24, 2.45) is 0 Å². The lowest BCUT2D eigenvalue weighted by molar-refractivity contribution is 0.0953. The fourth-order valence-corrected chi connectivity index (χ4v) is 2.87. The average molecular weight is 337 g/mol. The van der Waals surface area contributed by atoms with Gasteiger partial charge in [0.2, 0.25) is 5.95 Å². The molecule has 1 saturated heterocycles. The highest BCUT2D eigenvalue weighted by Gasteiger charge is 2.20. The number of hydrogen-bond donors (Lipinski definition) is 1. The normalized spacial score (nSPS) is 14.3. The van der Waals surface area contributed by atoms with Crippen LogP contribution < -0.4 is 15.1 Å². The molecule has 1 amide bonds. The third kappa shape index (κ3) is 4.15. The number of piperazine rings is 1. The van der Waals surface area contributed by atoms with E-state index in [1.54, 1.807) is 18.3 Å². The number of carbonyl (C=O) groups excluding carboxylic acids is 1. The Morgan fingerprint density at radius 3 is 2.72 bits per heavy atom. The maximum atomic E-state index is 12.0. The van der Waals surface area contributed by atoms with Gasteiger partial charge in [0, 0.05) is 44.6 Å². The number of carbonyl (C=O) groups is 1. The smallest absolute Gasteiger partial charge is 0.270 e. The van der Waals surface area contributed by atoms with Gasteiger partial charge in [-0.1, -0.05) is 18.2 Å². The van der Waals surface area contributed by atoms with Gasteiger partial charge in [0.05, 0.1) is 0 Å². The number of hydrogen-bond acceptors (Lipinski definition) is 5. The van der Waals surface area contributed by atoms with Crippen molar-refractivity contribution >= 4 is 17.5 Å². The number of anilines is 2. The zero-order valence-corrected chi connectivity index (χ0v) is 14.5. The highest BCUT2D eigenvalue weighted by atomic mass is 16.1. The largest absolute Gasteiger partial charge is 0.368 e. The molecule has 0 radical (unpaired) electrons. The number of aryl methyl sites for hydroxylation is 1. The predicted molar refractivity (Wildman–Crippen MR) is 100 cm³/mol. The van der Waals surface area contributed by atoms with E-state index < -0.39 is 0 Å². The van der Waals surface area contributed by atoms with Crippen LogP contribution in [0.25, 0.3) is 0 Å². The van der Waals surface area contributed by atoms with Crippen molar-refractivity contribution in [3.8, 4) is 0 Å². The molecule has 6 heteroatoms. The van der Waals surface area contributed by atoms with Crippen LogP contribution in [0, 0.1) is 6.92 Å². The lowest BCUT2D eigenvalue weighted by Crippen LogP contribution is -2.47. The van der Waals surface area contributed by atoms with E-state index in [1.165, 1.54) is 11.3 Å². The Labute approximate surface area is 148 Å². The summed E-state index contributed by atoms with van der Waals surface area (Å²) in [5, 5.41) is 2.74. The molecule has 1 fully saturated rings. The van der Waals surface area contributed by atoms with Crippen LogP contribution in [0.1, 0.15) is 16.1 Å². The molecule has 6 nitrogen and oxygen atoms in total. The Balaban J connectivity index is 1.65. The highest BCUT2D eigenvalue weighted by Crippen LogP contribution is 2.19. The van der Waals surface area contributed by atoms with Gasteiger partial charge in [0.1, 0.15) is 5.69 Å². The van der Waals surface area contributed by atoms with Gasteiger partial charge in [-0.2, -0.15) is 0 Å². The molecular formula is C19H23N5O. The van der Waals surface area contributed by atoms with Crippen LogP contribution in [-0.2, 0) is 0 Å². The lowest BCUT2D eigenvalue weighted by atomic mass is 10.2. The van der Waals surface area contributed by atoms with Crippen molar-refractivity contribution < 1.29 is 4.79 Å². The van der Waals surface area contributed by atoms with Gasteiger partial charge in [-0.15, -0.1) is 6.58 Å². The Morgan fingerprint density at radius 2 is 2.00 bits per heavy atom. The molecule has 0 spiro atoms. The van der Waals surface area contributed by atoms with E-state index >= 15 is 0 Å². The standard InChI is InChI=1S/C19H23N5O/c1-3-8-20-18(25)17-7-9-21-19(22-17)24-12-10-23(11-13-24)16-6-4-5-15(2)14-16/h3-7,9,14H,1,8,10-13H2,2H3,(H,20,25). The Hall–Kier alpha value is -2.89. The number of rotatable bonds is 5. The van der Waals surface area contributed by atoms with Gasteiger partial charge in [-0.3, -0.25) is 4.79 Å². The first-order chi connectivity index (χ1) is 12.2. The second kappa shape index (κ2) is 7.79. The van der Waals surface area contributed by atoms with E-state index in [-0.39, 0.29) is 5.91 Å². The molecule has 0 saturated carbocycles. The van der Waals surface area contributed by atoms with E-state index in [0.717, 1.165) is 26.2 Å². The Bertz CT molecular complexity index is 753. The van der Waals surface area contributed by atoms with Crippen LogP contribution in [0.3, 0.4) is 0 Å². The van der Waals surface area contributed by atoms with E-state index in [1.807, 2.05) is 0 Å². The second-order valence-electron chi connectivity index (χ2n) is 6.05. The Morgan fingerprint density at radius 1 is 1.24 bits per heavy atom. The predicted octanol–water partition coefficient (Wildman–Crippen LogP) is 2.03. The summed E-state index contributed by atoms with van der Waals surface area (Å²) in [4.78, 5) is 25.3. The molecule has 1 aromatic heterocycles. The van der Waals surface area contributed by atoms with Crippen LogP contribution in [0.5, 0.6) is 0 Å². The first-order valence-corrected chi connectivity index (χ1v) is 8.46. The van der Waals surface area contributed by atoms with Gasteiger partial charge in [-0.25, -0.2) is 9.97 Å². The molecule has 0 aliphatic carbocycles. The van der Waals surface area contributed by atoms with Crippen molar-refractivity contribution in [2.75, 3.05) is 42.5 Å². The lowest BCUT2D eigenvalue weighted by Gasteiger charge is -2.36. The summed E-state index contributed by atoms with van der Waals surface area (Å²) in [7, 11) is 0. The van der Waals surface area contributed by atoms with E-state index in [9.17, 15) is 4.79 Å². The second-order valence-corrected chi connectivity index (χ2v) is 6.05. The zero-order chi connectivity index (χ0) is 17.6. The molecule has 25 heavy (non-hydrogen) atoms. The van der Waals surface area contributed by atoms with Gasteiger partial charge in [0.25, 0.3) is 5.91 Å². The number of benzene rings is 1. The van der Waals surface area contributed by atoms with Crippen molar-refractivity contribution in [1.82, 2.24) is 15.3 Å². The summed E-state index contributed by atoms with van der Waals surface area (Å²) in [6.45, 7) is 9.58. The minimum Gasteiger partial charge on any atom is -0.368 e. The quantitative estimate of drug-likeness (QED) is 0.846. The van der Waals surface area contributed by atoms with E-state index in [0.29, 0.717) is 18.2 Å². The number of nitrogens with one attached hydrogen (secondary N) is 1. The average Bonchev–Trinajstić information content (AvgIpc) is 2.66. The minimum absolute atomic E-state index is 0.207. The van der Waals surface area contributed by atoms with E-state index in [2.05, 4.69) is 62.9 Å². The third-order valence-electron chi connectivity index (χ3n) is 4.21. The maximum absolute atomic E-state index is 12.0. The summed E-state index contributed by atoms with van der Waals surface area (Å²) < 4.78 is 0. The molecule has 2 aromatic rings. The fourth-order valence-electron chi connectivity index (χ4n) is 2.87. The minimum atomic E-state index is -0.207. The summed E-state index contributed by atoms with van der Waals surface area (Å²) in [5.74, 6) is 0.400. The van der Waals surface area contributed by atoms with Crippen molar-refractivity contribution in [3.05, 3.63) is 60.4 Å². The molecule has 0 unspecified atom stereocenters. The third-order valence-corrected chi connectivity index (χ3v) is 4.21. The zero-order valence-electron chi connectivity index (χ0n) is 14.5. The molecule has 0 atom stereocenters. The van der Waals surface area contributed by atoms with Crippen molar-refractivity contribution in [2.45, 2.75) is 6.92 Å². The molecule has 0 bridgehead atoms. The van der Waals surface area contributed by atoms with Gasteiger partial charge in [-0.05, 0) is 30.7 Å². The molecular weight excluding hydrogens is 314 g/mol. The van der Waals surface area contributed by atoms with E-state index in [4.69, 9.17) is 0 Å². The molecule has 1 N–H and O–H groups in total. The van der Waals surface area contributed by atoms with Crippen LogP contribution >= 0.6 is 0 Å². The first kappa shape index (κ1) is 17.0. The summed E-state index contributed by atoms with van der Waals surface area (Å²) >= 11 is 0. The first-order valence-electron chi connectivity index (χ1n) is 8.46. The summed E-state index contributed by atoms with van der Waals surface area (Å²) in [6.07, 6.45) is 3.28. The van der Waals surface area contributed by atoms with Crippen LogP contribution in [-0.4, -0.2) is 48.6 Å². The number of amides is 1. The Kier molecular flexibility index (Phi) is 5.28. The van der Waals surface area contributed by atoms with Gasteiger partial charge >= 0.3 is 0 Å². The molecule has 1 aliphatic rings. The molecule has 3 rings (SSSR count). The SMILES string of the molecule is C=CCNC(=O)c1ccnc(N2CCN(c3cccc(C)c3)CC2)n1. The maximum Gasteiger partial charge on any atom is 0.270 e. The van der Waals surface area contributed by atoms with Crippen molar-refractivity contribution in [1.29, 1.82) is 0 Å². The monoisotopic (exact) mass is 337 g/mol. The van der Waals surface area contributed by atoms with Gasteiger partial charge in [0.15, 0.2) is 0 Å². The number of nitrogens with zero attached hydrogens (tertiary/aromatic N) is 4.